The van der Waals surface area contributed by atoms with Gasteiger partial charge in [-0.2, -0.15) is 0 Å². The van der Waals surface area contributed by atoms with Crippen molar-refractivity contribution in [2.24, 2.45) is 0 Å². The first-order valence-corrected chi connectivity index (χ1v) is 11.1. The first-order valence-electron chi connectivity index (χ1n) is 9.26. The van der Waals surface area contributed by atoms with Crippen molar-refractivity contribution in [1.29, 1.82) is 0 Å². The van der Waals surface area contributed by atoms with E-state index in [2.05, 4.69) is 10.0 Å². The molecule has 0 radical (unpaired) electrons. The van der Waals surface area contributed by atoms with Crippen LogP contribution in [0, 0.1) is 0 Å². The van der Waals surface area contributed by atoms with Crippen molar-refractivity contribution >= 4 is 44.9 Å². The third-order valence-electron chi connectivity index (χ3n) is 4.16. The summed E-state index contributed by atoms with van der Waals surface area (Å²) in [4.78, 5) is 24.0. The first kappa shape index (κ1) is 22.3. The van der Waals surface area contributed by atoms with Gasteiger partial charge >= 0.3 is 5.97 Å². The number of benzene rings is 3. The number of rotatable bonds is 7. The Kier molecular flexibility index (Phi) is 6.94. The number of hydrogen-bond donors (Lipinski definition) is 2. The van der Waals surface area contributed by atoms with E-state index in [1.165, 1.54) is 42.5 Å². The molecule has 0 unspecified atom stereocenters. The summed E-state index contributed by atoms with van der Waals surface area (Å²) in [5.74, 6) is -0.977. The van der Waals surface area contributed by atoms with Crippen molar-refractivity contribution in [2.75, 3.05) is 16.6 Å². The van der Waals surface area contributed by atoms with Crippen molar-refractivity contribution in [3.05, 3.63) is 88.9 Å². The predicted molar refractivity (Wildman–Crippen MR) is 119 cm³/mol. The third kappa shape index (κ3) is 5.62. The minimum atomic E-state index is -4.09. The number of halogens is 1. The summed E-state index contributed by atoms with van der Waals surface area (Å²) < 4.78 is 33.0. The molecule has 0 fully saturated rings. The molecule has 0 aliphatic carbocycles. The summed E-state index contributed by atoms with van der Waals surface area (Å²) in [6.07, 6.45) is 0. The Morgan fingerprint density at radius 3 is 2.19 bits per heavy atom. The number of carbonyl (C=O) groups excluding carboxylic acids is 2. The molecule has 7 nitrogen and oxygen atoms in total. The maximum atomic E-state index is 12.9. The van der Waals surface area contributed by atoms with Crippen molar-refractivity contribution in [1.82, 2.24) is 0 Å². The largest absolute Gasteiger partial charge is 0.462 e. The number of ether oxygens (including phenoxy) is 1. The molecule has 0 aliphatic heterocycles. The SMILES string of the molecule is CCOC(=O)c1ccc(NS(=O)(=O)c2cc(C(=O)Nc3ccccc3)ccc2Cl)cc1. The van der Waals surface area contributed by atoms with Crippen LogP contribution in [0.15, 0.2) is 77.7 Å². The van der Waals surface area contributed by atoms with E-state index in [4.69, 9.17) is 16.3 Å². The van der Waals surface area contributed by atoms with Crippen LogP contribution in [0.3, 0.4) is 0 Å². The molecule has 2 N–H and O–H groups in total. The minimum absolute atomic E-state index is 0.0353. The molecule has 9 heteroatoms. The maximum absolute atomic E-state index is 12.9. The van der Waals surface area contributed by atoms with E-state index in [1.807, 2.05) is 6.07 Å². The molecule has 3 aromatic carbocycles. The average molecular weight is 459 g/mol. The fourth-order valence-electron chi connectivity index (χ4n) is 2.67. The Morgan fingerprint density at radius 2 is 1.55 bits per heavy atom. The van der Waals surface area contributed by atoms with E-state index in [1.54, 1.807) is 31.2 Å². The summed E-state index contributed by atoms with van der Waals surface area (Å²) in [6.45, 7) is 1.93. The van der Waals surface area contributed by atoms with E-state index in [0.29, 0.717) is 11.3 Å². The highest BCUT2D eigenvalue weighted by Crippen LogP contribution is 2.26. The zero-order valence-corrected chi connectivity index (χ0v) is 18.0. The van der Waals surface area contributed by atoms with E-state index in [0.717, 1.165) is 0 Å². The molecule has 0 heterocycles. The van der Waals surface area contributed by atoms with Crippen LogP contribution in [-0.4, -0.2) is 26.9 Å². The standard InChI is InChI=1S/C22H19ClN2O5S/c1-2-30-22(27)15-8-11-18(12-9-15)25-31(28,29)20-14-16(10-13-19(20)23)21(26)24-17-6-4-3-5-7-17/h3-14,25H,2H2,1H3,(H,24,26). The molecular weight excluding hydrogens is 440 g/mol. The second-order valence-corrected chi connectivity index (χ2v) is 8.43. The molecule has 160 valence electrons. The normalized spacial score (nSPS) is 10.9. The number of esters is 1. The first-order chi connectivity index (χ1) is 14.8. The monoisotopic (exact) mass is 458 g/mol. The molecule has 0 saturated heterocycles. The van der Waals surface area contributed by atoms with Gasteiger partial charge < -0.3 is 10.1 Å². The van der Waals surface area contributed by atoms with Crippen molar-refractivity contribution in [3.63, 3.8) is 0 Å². The van der Waals surface area contributed by atoms with Gasteiger partial charge in [-0.1, -0.05) is 29.8 Å². The lowest BCUT2D eigenvalue weighted by Gasteiger charge is -2.12. The zero-order valence-electron chi connectivity index (χ0n) is 16.5. The Hall–Kier alpha value is -3.36. The van der Waals surface area contributed by atoms with E-state index < -0.39 is 21.9 Å². The maximum Gasteiger partial charge on any atom is 0.338 e. The summed E-state index contributed by atoms with van der Waals surface area (Å²) in [5.41, 5.74) is 1.23. The van der Waals surface area contributed by atoms with Crippen LogP contribution in [0.4, 0.5) is 11.4 Å². The Morgan fingerprint density at radius 1 is 0.903 bits per heavy atom. The number of anilines is 2. The molecular formula is C22H19ClN2O5S. The number of carbonyl (C=O) groups is 2. The zero-order chi connectivity index (χ0) is 22.4. The van der Waals surface area contributed by atoms with E-state index in [-0.39, 0.29) is 27.8 Å². The van der Waals surface area contributed by atoms with Crippen molar-refractivity contribution in [3.8, 4) is 0 Å². The van der Waals surface area contributed by atoms with Gasteiger partial charge in [-0.3, -0.25) is 9.52 Å². The number of sulfonamides is 1. The smallest absolute Gasteiger partial charge is 0.338 e. The molecule has 1 amide bonds. The van der Waals surface area contributed by atoms with Crippen LogP contribution in [0.1, 0.15) is 27.6 Å². The Balaban J connectivity index is 1.81. The van der Waals surface area contributed by atoms with Crippen molar-refractivity contribution < 1.29 is 22.7 Å². The second kappa shape index (κ2) is 9.63. The highest BCUT2D eigenvalue weighted by molar-refractivity contribution is 7.92. The molecule has 0 bridgehead atoms. The van der Waals surface area contributed by atoms with Gasteiger partial charge in [0, 0.05) is 16.9 Å². The molecule has 0 aromatic heterocycles. The Bertz CT molecular complexity index is 1200. The van der Waals surface area contributed by atoms with Gasteiger partial charge in [-0.25, -0.2) is 13.2 Å². The van der Waals surface area contributed by atoms with Crippen molar-refractivity contribution in [2.45, 2.75) is 11.8 Å². The number of nitrogens with one attached hydrogen (secondary N) is 2. The summed E-state index contributed by atoms with van der Waals surface area (Å²) in [7, 11) is -4.09. The lowest BCUT2D eigenvalue weighted by Crippen LogP contribution is -2.16. The highest BCUT2D eigenvalue weighted by Gasteiger charge is 2.21. The fraction of sp³-hybridized carbons (Fsp3) is 0.0909. The lowest BCUT2D eigenvalue weighted by molar-refractivity contribution is 0.0526. The molecule has 0 saturated carbocycles. The summed E-state index contributed by atoms with van der Waals surface area (Å²) >= 11 is 6.10. The van der Waals surface area contributed by atoms with E-state index >= 15 is 0 Å². The summed E-state index contributed by atoms with van der Waals surface area (Å²) in [5, 5.41) is 2.66. The van der Waals surface area contributed by atoms with Crippen LogP contribution < -0.4 is 10.0 Å². The highest BCUT2D eigenvalue weighted by atomic mass is 35.5. The van der Waals surface area contributed by atoms with Gasteiger partial charge in [0.15, 0.2) is 0 Å². The van der Waals surface area contributed by atoms with Crippen LogP contribution in [0.5, 0.6) is 0 Å². The average Bonchev–Trinajstić information content (AvgIpc) is 2.75. The van der Waals surface area contributed by atoms with Gasteiger partial charge in [0.25, 0.3) is 15.9 Å². The number of hydrogen-bond acceptors (Lipinski definition) is 5. The molecule has 0 atom stereocenters. The number of amides is 1. The van der Waals surface area contributed by atoms with Gasteiger partial charge in [0.1, 0.15) is 4.90 Å². The topological polar surface area (TPSA) is 102 Å². The summed E-state index contributed by atoms with van der Waals surface area (Å²) in [6, 6.07) is 18.5. The van der Waals surface area contributed by atoms with Crippen LogP contribution in [-0.2, 0) is 14.8 Å². The Labute approximate surface area is 185 Å². The molecule has 0 spiro atoms. The van der Waals surface area contributed by atoms with Gasteiger partial charge in [-0.15, -0.1) is 0 Å². The van der Waals surface area contributed by atoms with Gasteiger partial charge in [-0.05, 0) is 61.5 Å². The number of para-hydroxylation sites is 1. The second-order valence-electron chi connectivity index (χ2n) is 6.37. The lowest BCUT2D eigenvalue weighted by atomic mass is 10.2. The molecule has 3 rings (SSSR count). The quantitative estimate of drug-likeness (QED) is 0.505. The fourth-order valence-corrected chi connectivity index (χ4v) is 4.26. The molecule has 31 heavy (non-hydrogen) atoms. The molecule has 3 aromatic rings. The van der Waals surface area contributed by atoms with Crippen LogP contribution >= 0.6 is 11.6 Å². The minimum Gasteiger partial charge on any atom is -0.462 e. The van der Waals surface area contributed by atoms with Gasteiger partial charge in [0.2, 0.25) is 0 Å². The van der Waals surface area contributed by atoms with E-state index in [9.17, 15) is 18.0 Å². The third-order valence-corrected chi connectivity index (χ3v) is 6.03. The van der Waals surface area contributed by atoms with Gasteiger partial charge in [0.05, 0.1) is 17.2 Å². The van der Waals surface area contributed by atoms with Crippen LogP contribution in [0.25, 0.3) is 0 Å². The predicted octanol–water partition coefficient (Wildman–Crippen LogP) is 4.57. The van der Waals surface area contributed by atoms with Crippen LogP contribution in [0.2, 0.25) is 5.02 Å². The molecule has 0 aliphatic rings.